The molecule has 5 heteroatoms. The van der Waals surface area contributed by atoms with E-state index >= 15 is 0 Å². The molecule has 0 spiro atoms. The first-order valence-corrected chi connectivity index (χ1v) is 6.21. The van der Waals surface area contributed by atoms with Crippen molar-refractivity contribution in [2.75, 3.05) is 0 Å². The number of hydrogen-bond acceptors (Lipinski definition) is 3. The number of aromatic nitrogens is 3. The minimum absolute atomic E-state index is 0.315. The molecule has 0 atom stereocenters. The van der Waals surface area contributed by atoms with Crippen LogP contribution in [0.3, 0.4) is 0 Å². The van der Waals surface area contributed by atoms with E-state index < -0.39 is 5.97 Å². The summed E-state index contributed by atoms with van der Waals surface area (Å²) >= 11 is 0. The Morgan fingerprint density at radius 3 is 2.78 bits per heavy atom. The molecular weight excluding hydrogens is 230 g/mol. The lowest BCUT2D eigenvalue weighted by Gasteiger charge is -2.09. The minimum atomic E-state index is -0.908. The predicted molar refractivity (Wildman–Crippen MR) is 66.7 cm³/mol. The second-order valence-corrected chi connectivity index (χ2v) is 4.90. The van der Waals surface area contributed by atoms with Crippen molar-refractivity contribution in [3.8, 4) is 0 Å². The van der Waals surface area contributed by atoms with Crippen molar-refractivity contribution in [3.63, 3.8) is 0 Å². The molecule has 0 bridgehead atoms. The van der Waals surface area contributed by atoms with Gasteiger partial charge in [-0.2, -0.15) is 0 Å². The average molecular weight is 245 g/mol. The van der Waals surface area contributed by atoms with Crippen molar-refractivity contribution >= 4 is 17.0 Å². The number of carbonyl (C=O) groups is 1. The molecule has 2 aromatic rings. The van der Waals surface area contributed by atoms with E-state index in [9.17, 15) is 9.90 Å². The Balaban J connectivity index is 2.27. The zero-order chi connectivity index (χ0) is 12.7. The van der Waals surface area contributed by atoms with Crippen LogP contribution in [0.2, 0.25) is 0 Å². The standard InChI is InChI=1S/C13H15N3O2/c1-16-6-9(13(17)18)10-11(8-4-2-3-5-8)14-7-15-12(10)16/h6-8H,2-5H2,1H3,(H,17,18). The number of rotatable bonds is 2. The normalized spacial score (nSPS) is 16.5. The van der Waals surface area contributed by atoms with Crippen molar-refractivity contribution in [3.05, 3.63) is 23.8 Å². The maximum absolute atomic E-state index is 11.3. The zero-order valence-electron chi connectivity index (χ0n) is 10.3. The van der Waals surface area contributed by atoms with Gasteiger partial charge in [0.25, 0.3) is 0 Å². The van der Waals surface area contributed by atoms with Crippen LogP contribution in [0.5, 0.6) is 0 Å². The van der Waals surface area contributed by atoms with Crippen LogP contribution in [0.25, 0.3) is 11.0 Å². The van der Waals surface area contributed by atoms with Crippen LogP contribution in [-0.2, 0) is 7.05 Å². The minimum Gasteiger partial charge on any atom is -0.478 e. The van der Waals surface area contributed by atoms with Crippen LogP contribution >= 0.6 is 0 Å². The second kappa shape index (κ2) is 4.08. The van der Waals surface area contributed by atoms with E-state index in [2.05, 4.69) is 9.97 Å². The summed E-state index contributed by atoms with van der Waals surface area (Å²) in [4.78, 5) is 19.9. The Morgan fingerprint density at radius 2 is 2.11 bits per heavy atom. The molecular formula is C13H15N3O2. The van der Waals surface area contributed by atoms with E-state index in [1.165, 1.54) is 12.8 Å². The fourth-order valence-corrected chi connectivity index (χ4v) is 2.91. The molecule has 0 saturated heterocycles. The number of hydrogen-bond donors (Lipinski definition) is 1. The SMILES string of the molecule is Cn1cc(C(=O)O)c2c(C3CCCC3)ncnc21. The van der Waals surface area contributed by atoms with Gasteiger partial charge in [0, 0.05) is 19.2 Å². The molecule has 0 aliphatic heterocycles. The van der Waals surface area contributed by atoms with Crippen molar-refractivity contribution in [2.24, 2.45) is 7.05 Å². The Kier molecular flexibility index (Phi) is 2.54. The van der Waals surface area contributed by atoms with E-state index in [-0.39, 0.29) is 0 Å². The lowest BCUT2D eigenvalue weighted by molar-refractivity contribution is 0.0698. The van der Waals surface area contributed by atoms with Crippen molar-refractivity contribution < 1.29 is 9.90 Å². The van der Waals surface area contributed by atoms with Gasteiger partial charge in [-0.15, -0.1) is 0 Å². The van der Waals surface area contributed by atoms with Crippen LogP contribution in [0.15, 0.2) is 12.5 Å². The van der Waals surface area contributed by atoms with Crippen LogP contribution in [0.4, 0.5) is 0 Å². The van der Waals surface area contributed by atoms with Crippen molar-refractivity contribution in [1.82, 2.24) is 14.5 Å². The van der Waals surface area contributed by atoms with Crippen LogP contribution in [0, 0.1) is 0 Å². The van der Waals surface area contributed by atoms with Gasteiger partial charge in [-0.3, -0.25) is 0 Å². The van der Waals surface area contributed by atoms with E-state index in [1.807, 2.05) is 7.05 Å². The van der Waals surface area contributed by atoms with Gasteiger partial charge in [0.05, 0.1) is 16.6 Å². The molecule has 0 aromatic carbocycles. The quantitative estimate of drug-likeness (QED) is 0.881. The molecule has 1 saturated carbocycles. The highest BCUT2D eigenvalue weighted by atomic mass is 16.4. The molecule has 0 radical (unpaired) electrons. The molecule has 1 aliphatic carbocycles. The fourth-order valence-electron chi connectivity index (χ4n) is 2.91. The smallest absolute Gasteiger partial charge is 0.338 e. The first-order chi connectivity index (χ1) is 8.68. The summed E-state index contributed by atoms with van der Waals surface area (Å²) in [6, 6.07) is 0. The number of aryl methyl sites for hydroxylation is 1. The molecule has 3 rings (SSSR count). The van der Waals surface area contributed by atoms with Crippen molar-refractivity contribution in [1.29, 1.82) is 0 Å². The molecule has 0 amide bonds. The Morgan fingerprint density at radius 1 is 1.39 bits per heavy atom. The van der Waals surface area contributed by atoms with Gasteiger partial charge in [-0.25, -0.2) is 14.8 Å². The van der Waals surface area contributed by atoms with Crippen molar-refractivity contribution in [2.45, 2.75) is 31.6 Å². The molecule has 1 N–H and O–H groups in total. The van der Waals surface area contributed by atoms with Crippen LogP contribution in [0.1, 0.15) is 47.7 Å². The zero-order valence-corrected chi connectivity index (χ0v) is 10.3. The molecule has 2 aromatic heterocycles. The molecule has 18 heavy (non-hydrogen) atoms. The molecule has 94 valence electrons. The second-order valence-electron chi connectivity index (χ2n) is 4.90. The fraction of sp³-hybridized carbons (Fsp3) is 0.462. The predicted octanol–water partition coefficient (Wildman–Crippen LogP) is 2.32. The molecule has 0 unspecified atom stereocenters. The van der Waals surface area contributed by atoms with Gasteiger partial charge in [0.1, 0.15) is 12.0 Å². The third-order valence-corrected chi connectivity index (χ3v) is 3.76. The lowest BCUT2D eigenvalue weighted by Crippen LogP contribution is -2.02. The number of fused-ring (bicyclic) bond motifs is 1. The molecule has 1 fully saturated rings. The Labute approximate surface area is 104 Å². The van der Waals surface area contributed by atoms with Gasteiger partial charge in [-0.05, 0) is 12.8 Å². The summed E-state index contributed by atoms with van der Waals surface area (Å²) in [6.45, 7) is 0. The third-order valence-electron chi connectivity index (χ3n) is 3.76. The van der Waals surface area contributed by atoms with Gasteiger partial charge in [0.15, 0.2) is 0 Å². The Bertz CT molecular complexity index is 612. The monoisotopic (exact) mass is 245 g/mol. The highest BCUT2D eigenvalue weighted by Gasteiger charge is 2.25. The highest BCUT2D eigenvalue weighted by molar-refractivity contribution is 6.03. The van der Waals surface area contributed by atoms with Crippen LogP contribution < -0.4 is 0 Å². The van der Waals surface area contributed by atoms with Gasteiger partial charge in [-0.1, -0.05) is 12.8 Å². The topological polar surface area (TPSA) is 68.0 Å². The summed E-state index contributed by atoms with van der Waals surface area (Å²) in [6.07, 6.45) is 7.76. The lowest BCUT2D eigenvalue weighted by atomic mass is 9.99. The highest BCUT2D eigenvalue weighted by Crippen LogP contribution is 2.37. The van der Waals surface area contributed by atoms with E-state index in [0.717, 1.165) is 23.9 Å². The first kappa shape index (κ1) is 11.2. The number of carboxylic acid groups (broad SMARTS) is 1. The molecule has 2 heterocycles. The maximum atomic E-state index is 11.3. The van der Waals surface area contributed by atoms with Gasteiger partial charge < -0.3 is 9.67 Å². The third kappa shape index (κ3) is 1.58. The average Bonchev–Trinajstić information content (AvgIpc) is 2.97. The van der Waals surface area contributed by atoms with Gasteiger partial charge in [0.2, 0.25) is 0 Å². The number of aromatic carboxylic acids is 1. The molecule has 1 aliphatic rings. The molecule has 5 nitrogen and oxygen atoms in total. The maximum Gasteiger partial charge on any atom is 0.338 e. The summed E-state index contributed by atoms with van der Waals surface area (Å²) < 4.78 is 1.76. The van der Waals surface area contributed by atoms with Crippen LogP contribution in [-0.4, -0.2) is 25.6 Å². The van der Waals surface area contributed by atoms with E-state index in [4.69, 9.17) is 0 Å². The first-order valence-electron chi connectivity index (χ1n) is 6.21. The largest absolute Gasteiger partial charge is 0.478 e. The van der Waals surface area contributed by atoms with E-state index in [1.54, 1.807) is 17.1 Å². The Hall–Kier alpha value is -1.91. The summed E-state index contributed by atoms with van der Waals surface area (Å²) in [5.74, 6) is -0.523. The summed E-state index contributed by atoms with van der Waals surface area (Å²) in [5.41, 5.74) is 1.94. The van der Waals surface area contributed by atoms with Gasteiger partial charge >= 0.3 is 5.97 Å². The number of carboxylic acids is 1. The summed E-state index contributed by atoms with van der Waals surface area (Å²) in [7, 11) is 1.82. The summed E-state index contributed by atoms with van der Waals surface area (Å²) in [5, 5.41) is 10.0. The van der Waals surface area contributed by atoms with E-state index in [0.29, 0.717) is 17.1 Å². The number of nitrogens with zero attached hydrogens (tertiary/aromatic N) is 3.